The molecule has 2 unspecified atom stereocenters. The van der Waals surface area contributed by atoms with Crippen LogP contribution in [-0.4, -0.2) is 16.7 Å². The SMILES string of the molecule is CC(Cl)CC(Cl)Cc1ccccc1C(N)=O. The van der Waals surface area contributed by atoms with E-state index in [0.29, 0.717) is 18.4 Å². The largest absolute Gasteiger partial charge is 0.366 e. The lowest BCUT2D eigenvalue weighted by atomic mass is 10.0. The molecule has 1 rings (SSSR count). The zero-order chi connectivity index (χ0) is 12.1. The van der Waals surface area contributed by atoms with Gasteiger partial charge in [0, 0.05) is 16.3 Å². The fourth-order valence-corrected chi connectivity index (χ4v) is 2.35. The maximum atomic E-state index is 11.2. The molecule has 2 nitrogen and oxygen atoms in total. The standard InChI is InChI=1S/C12H15Cl2NO/c1-8(13)6-10(14)7-9-4-2-3-5-11(9)12(15)16/h2-5,8,10H,6-7H2,1H3,(H2,15,16). The first-order chi connectivity index (χ1) is 7.50. The molecule has 88 valence electrons. The quantitative estimate of drug-likeness (QED) is 0.812. The summed E-state index contributed by atoms with van der Waals surface area (Å²) in [6.45, 7) is 1.90. The fraction of sp³-hybridized carbons (Fsp3) is 0.417. The van der Waals surface area contributed by atoms with Gasteiger partial charge >= 0.3 is 0 Å². The number of hydrogen-bond acceptors (Lipinski definition) is 1. The molecular formula is C12H15Cl2NO. The summed E-state index contributed by atoms with van der Waals surface area (Å²) in [7, 11) is 0. The van der Waals surface area contributed by atoms with Gasteiger partial charge in [0.15, 0.2) is 0 Å². The zero-order valence-electron chi connectivity index (χ0n) is 9.12. The normalized spacial score (nSPS) is 14.4. The van der Waals surface area contributed by atoms with Crippen LogP contribution >= 0.6 is 23.2 Å². The monoisotopic (exact) mass is 259 g/mol. The van der Waals surface area contributed by atoms with E-state index in [1.807, 2.05) is 19.1 Å². The lowest BCUT2D eigenvalue weighted by molar-refractivity contribution is 0.0999. The van der Waals surface area contributed by atoms with Crippen LogP contribution in [0.25, 0.3) is 0 Å². The van der Waals surface area contributed by atoms with Crippen molar-refractivity contribution < 1.29 is 4.79 Å². The van der Waals surface area contributed by atoms with Crippen molar-refractivity contribution in [2.75, 3.05) is 0 Å². The summed E-state index contributed by atoms with van der Waals surface area (Å²) in [5, 5.41) is -0.0451. The van der Waals surface area contributed by atoms with Crippen LogP contribution in [0.4, 0.5) is 0 Å². The van der Waals surface area contributed by atoms with Gasteiger partial charge in [-0.2, -0.15) is 0 Å². The van der Waals surface area contributed by atoms with Crippen molar-refractivity contribution >= 4 is 29.1 Å². The molecule has 0 aliphatic carbocycles. The Morgan fingerprint density at radius 1 is 1.38 bits per heavy atom. The van der Waals surface area contributed by atoms with Gasteiger partial charge in [-0.25, -0.2) is 0 Å². The van der Waals surface area contributed by atoms with Crippen molar-refractivity contribution in [1.29, 1.82) is 0 Å². The third-order valence-corrected chi connectivity index (χ3v) is 2.82. The number of primary amides is 1. The van der Waals surface area contributed by atoms with E-state index in [0.717, 1.165) is 5.56 Å². The maximum absolute atomic E-state index is 11.2. The molecular weight excluding hydrogens is 245 g/mol. The number of halogens is 2. The van der Waals surface area contributed by atoms with E-state index in [4.69, 9.17) is 28.9 Å². The van der Waals surface area contributed by atoms with E-state index in [-0.39, 0.29) is 10.8 Å². The fourth-order valence-electron chi connectivity index (χ4n) is 1.61. The summed E-state index contributed by atoms with van der Waals surface area (Å²) in [4.78, 5) is 11.2. The average molecular weight is 260 g/mol. The third-order valence-electron chi connectivity index (χ3n) is 2.30. The van der Waals surface area contributed by atoms with Crippen LogP contribution in [0.5, 0.6) is 0 Å². The molecule has 0 saturated carbocycles. The van der Waals surface area contributed by atoms with Crippen molar-refractivity contribution in [1.82, 2.24) is 0 Å². The summed E-state index contributed by atoms with van der Waals surface area (Å²) in [6.07, 6.45) is 1.31. The predicted molar refractivity (Wildman–Crippen MR) is 68.2 cm³/mol. The van der Waals surface area contributed by atoms with Crippen LogP contribution in [0.15, 0.2) is 24.3 Å². The zero-order valence-corrected chi connectivity index (χ0v) is 10.6. The highest BCUT2D eigenvalue weighted by molar-refractivity contribution is 6.23. The van der Waals surface area contributed by atoms with Crippen molar-refractivity contribution in [3.8, 4) is 0 Å². The van der Waals surface area contributed by atoms with Gasteiger partial charge < -0.3 is 5.73 Å². The average Bonchev–Trinajstić information content (AvgIpc) is 2.16. The first-order valence-electron chi connectivity index (χ1n) is 5.16. The van der Waals surface area contributed by atoms with Gasteiger partial charge in [-0.05, 0) is 31.4 Å². The Morgan fingerprint density at radius 3 is 2.56 bits per heavy atom. The van der Waals surface area contributed by atoms with Crippen LogP contribution in [0.1, 0.15) is 29.3 Å². The van der Waals surface area contributed by atoms with Crippen molar-refractivity contribution in [3.63, 3.8) is 0 Å². The number of carbonyl (C=O) groups excluding carboxylic acids is 1. The molecule has 0 aromatic heterocycles. The number of amides is 1. The minimum atomic E-state index is -0.418. The number of alkyl halides is 2. The lowest BCUT2D eigenvalue weighted by Gasteiger charge is -2.12. The second kappa shape index (κ2) is 6.12. The van der Waals surface area contributed by atoms with E-state index in [1.165, 1.54) is 0 Å². The third kappa shape index (κ3) is 4.03. The molecule has 2 atom stereocenters. The molecule has 1 amide bonds. The molecule has 1 aromatic rings. The Hall–Kier alpha value is -0.730. The summed E-state index contributed by atoms with van der Waals surface area (Å²) in [5.74, 6) is -0.418. The molecule has 2 N–H and O–H groups in total. The minimum Gasteiger partial charge on any atom is -0.366 e. The van der Waals surface area contributed by atoms with E-state index < -0.39 is 5.91 Å². The Morgan fingerprint density at radius 2 is 2.00 bits per heavy atom. The second-order valence-electron chi connectivity index (χ2n) is 3.84. The number of nitrogens with two attached hydrogens (primary N) is 1. The molecule has 0 heterocycles. The molecule has 0 aliphatic heterocycles. The highest BCUT2D eigenvalue weighted by Gasteiger charge is 2.13. The van der Waals surface area contributed by atoms with Gasteiger partial charge in [0.2, 0.25) is 5.91 Å². The van der Waals surface area contributed by atoms with E-state index in [9.17, 15) is 4.79 Å². The van der Waals surface area contributed by atoms with Gasteiger partial charge in [-0.3, -0.25) is 4.79 Å². The van der Waals surface area contributed by atoms with Crippen molar-refractivity contribution in [2.24, 2.45) is 5.73 Å². The second-order valence-corrected chi connectivity index (χ2v) is 5.20. The first-order valence-corrected chi connectivity index (χ1v) is 6.04. The topological polar surface area (TPSA) is 43.1 Å². The molecule has 0 spiro atoms. The van der Waals surface area contributed by atoms with Crippen molar-refractivity contribution in [3.05, 3.63) is 35.4 Å². The Labute approximate surface area is 106 Å². The molecule has 16 heavy (non-hydrogen) atoms. The molecule has 0 fully saturated rings. The summed E-state index contributed by atoms with van der Waals surface area (Å²) in [6, 6.07) is 7.24. The summed E-state index contributed by atoms with van der Waals surface area (Å²) < 4.78 is 0. The Bertz CT molecular complexity index is 366. The van der Waals surface area contributed by atoms with Gasteiger partial charge in [-0.1, -0.05) is 18.2 Å². The van der Waals surface area contributed by atoms with Crippen LogP contribution in [-0.2, 0) is 6.42 Å². The predicted octanol–water partition coefficient (Wildman–Crippen LogP) is 2.95. The Kier molecular flexibility index (Phi) is 5.10. The molecule has 1 aromatic carbocycles. The molecule has 0 aliphatic rings. The molecule has 0 saturated heterocycles. The minimum absolute atomic E-state index is 0.0308. The molecule has 0 bridgehead atoms. The number of hydrogen-bond donors (Lipinski definition) is 1. The highest BCUT2D eigenvalue weighted by Crippen LogP contribution is 2.18. The van der Waals surface area contributed by atoms with Crippen LogP contribution in [0, 0.1) is 0 Å². The molecule has 0 radical (unpaired) electrons. The maximum Gasteiger partial charge on any atom is 0.248 e. The lowest BCUT2D eigenvalue weighted by Crippen LogP contribution is -2.16. The van der Waals surface area contributed by atoms with Crippen molar-refractivity contribution in [2.45, 2.75) is 30.5 Å². The van der Waals surface area contributed by atoms with Gasteiger partial charge in [0.05, 0.1) is 0 Å². The first kappa shape index (κ1) is 13.3. The highest BCUT2D eigenvalue weighted by atomic mass is 35.5. The molecule has 4 heteroatoms. The Balaban J connectivity index is 2.76. The number of benzene rings is 1. The van der Waals surface area contributed by atoms with Crippen LogP contribution in [0.2, 0.25) is 0 Å². The summed E-state index contributed by atoms with van der Waals surface area (Å²) in [5.41, 5.74) is 6.70. The van der Waals surface area contributed by atoms with Gasteiger partial charge in [0.1, 0.15) is 0 Å². The smallest absolute Gasteiger partial charge is 0.248 e. The van der Waals surface area contributed by atoms with Gasteiger partial charge in [0.25, 0.3) is 0 Å². The number of carbonyl (C=O) groups is 1. The van der Waals surface area contributed by atoms with Crippen LogP contribution in [0.3, 0.4) is 0 Å². The van der Waals surface area contributed by atoms with Gasteiger partial charge in [-0.15, -0.1) is 23.2 Å². The van der Waals surface area contributed by atoms with Crippen LogP contribution < -0.4 is 5.73 Å². The number of rotatable bonds is 5. The van der Waals surface area contributed by atoms with E-state index in [1.54, 1.807) is 12.1 Å². The summed E-state index contributed by atoms with van der Waals surface area (Å²) >= 11 is 12.0. The van der Waals surface area contributed by atoms with E-state index in [2.05, 4.69) is 0 Å². The van der Waals surface area contributed by atoms with E-state index >= 15 is 0 Å².